The minimum Gasteiger partial charge on any atom is -0.493 e. The van der Waals surface area contributed by atoms with Gasteiger partial charge < -0.3 is 20.1 Å². The highest BCUT2D eigenvalue weighted by atomic mass is 32.2. The smallest absolute Gasteiger partial charge is 0.323 e. The second kappa shape index (κ2) is 10.2. The SMILES string of the molecule is COc1cc2ncnc(Sc3cccc(NC(=O)Nc4ccc(C(C)(C)C)cc4)c3)c2cc1OC. The number of carbonyl (C=O) groups is 1. The summed E-state index contributed by atoms with van der Waals surface area (Å²) in [4.78, 5) is 22.3. The Morgan fingerprint density at radius 1 is 0.857 bits per heavy atom. The number of nitrogens with zero attached hydrogens (tertiary/aromatic N) is 2. The Morgan fingerprint density at radius 3 is 2.23 bits per heavy atom. The summed E-state index contributed by atoms with van der Waals surface area (Å²) in [5.41, 5.74) is 3.44. The first-order valence-electron chi connectivity index (χ1n) is 11.1. The van der Waals surface area contributed by atoms with Gasteiger partial charge in [-0.3, -0.25) is 0 Å². The molecule has 0 bridgehead atoms. The molecule has 4 rings (SSSR count). The second-order valence-corrected chi connectivity index (χ2v) is 10.0. The van der Waals surface area contributed by atoms with Crippen LogP contribution in [0.3, 0.4) is 0 Å². The number of benzene rings is 3. The average Bonchev–Trinajstić information content (AvgIpc) is 2.83. The molecule has 0 aliphatic rings. The van der Waals surface area contributed by atoms with Gasteiger partial charge in [0.25, 0.3) is 0 Å². The van der Waals surface area contributed by atoms with Crippen LogP contribution in [0.25, 0.3) is 10.9 Å². The molecule has 0 aliphatic carbocycles. The highest BCUT2D eigenvalue weighted by Gasteiger charge is 2.14. The summed E-state index contributed by atoms with van der Waals surface area (Å²) < 4.78 is 10.8. The highest BCUT2D eigenvalue weighted by molar-refractivity contribution is 7.99. The van der Waals surface area contributed by atoms with E-state index in [2.05, 4.69) is 41.4 Å². The van der Waals surface area contributed by atoms with Crippen LogP contribution in [0.4, 0.5) is 16.2 Å². The van der Waals surface area contributed by atoms with Crippen molar-refractivity contribution in [2.24, 2.45) is 0 Å². The van der Waals surface area contributed by atoms with Gasteiger partial charge in [-0.2, -0.15) is 0 Å². The van der Waals surface area contributed by atoms with Crippen LogP contribution in [0.2, 0.25) is 0 Å². The number of fused-ring (bicyclic) bond motifs is 1. The largest absolute Gasteiger partial charge is 0.493 e. The normalized spacial score (nSPS) is 11.2. The molecule has 3 aromatic carbocycles. The van der Waals surface area contributed by atoms with E-state index in [0.717, 1.165) is 26.5 Å². The van der Waals surface area contributed by atoms with Crippen LogP contribution in [0.1, 0.15) is 26.3 Å². The van der Waals surface area contributed by atoms with E-state index in [1.165, 1.54) is 23.7 Å². The minimum atomic E-state index is -0.306. The fourth-order valence-corrected chi connectivity index (χ4v) is 4.47. The van der Waals surface area contributed by atoms with E-state index < -0.39 is 0 Å². The lowest BCUT2D eigenvalue weighted by Gasteiger charge is -2.19. The lowest BCUT2D eigenvalue weighted by atomic mass is 9.87. The first-order chi connectivity index (χ1) is 16.8. The quantitative estimate of drug-likeness (QED) is 0.292. The maximum absolute atomic E-state index is 12.6. The Morgan fingerprint density at radius 2 is 1.54 bits per heavy atom. The Bertz CT molecular complexity index is 1350. The predicted molar refractivity (Wildman–Crippen MR) is 141 cm³/mol. The van der Waals surface area contributed by atoms with Gasteiger partial charge in [-0.25, -0.2) is 14.8 Å². The number of anilines is 2. The van der Waals surface area contributed by atoms with Crippen molar-refractivity contribution in [1.29, 1.82) is 0 Å². The summed E-state index contributed by atoms with van der Waals surface area (Å²) in [6.45, 7) is 6.47. The number of hydrogen-bond donors (Lipinski definition) is 2. The molecule has 0 atom stereocenters. The number of hydrogen-bond acceptors (Lipinski definition) is 6. The van der Waals surface area contributed by atoms with Gasteiger partial charge in [0, 0.05) is 27.7 Å². The molecule has 0 fully saturated rings. The van der Waals surface area contributed by atoms with E-state index in [4.69, 9.17) is 9.47 Å². The molecule has 180 valence electrons. The molecule has 7 nitrogen and oxygen atoms in total. The van der Waals surface area contributed by atoms with Crippen molar-refractivity contribution in [2.45, 2.75) is 36.1 Å². The maximum Gasteiger partial charge on any atom is 0.323 e. The number of carbonyl (C=O) groups excluding carboxylic acids is 1. The predicted octanol–water partition coefficient (Wildman–Crippen LogP) is 6.74. The summed E-state index contributed by atoms with van der Waals surface area (Å²) in [5.74, 6) is 1.22. The molecule has 2 N–H and O–H groups in total. The molecule has 35 heavy (non-hydrogen) atoms. The number of amides is 2. The van der Waals surface area contributed by atoms with Crippen LogP contribution < -0.4 is 20.1 Å². The van der Waals surface area contributed by atoms with Crippen molar-refractivity contribution < 1.29 is 14.3 Å². The fourth-order valence-electron chi connectivity index (χ4n) is 3.54. The molecule has 0 radical (unpaired) electrons. The molecular weight excluding hydrogens is 460 g/mol. The minimum absolute atomic E-state index is 0.0606. The molecule has 1 heterocycles. The first kappa shape index (κ1) is 24.3. The van der Waals surface area contributed by atoms with E-state index in [1.807, 2.05) is 60.7 Å². The average molecular weight is 489 g/mol. The van der Waals surface area contributed by atoms with Crippen LogP contribution in [0.15, 0.2) is 76.9 Å². The van der Waals surface area contributed by atoms with Gasteiger partial charge in [0.2, 0.25) is 0 Å². The fraction of sp³-hybridized carbons (Fsp3) is 0.222. The Hall–Kier alpha value is -3.78. The zero-order valence-electron chi connectivity index (χ0n) is 20.4. The van der Waals surface area contributed by atoms with E-state index in [9.17, 15) is 4.79 Å². The zero-order valence-corrected chi connectivity index (χ0v) is 21.2. The van der Waals surface area contributed by atoms with E-state index >= 15 is 0 Å². The van der Waals surface area contributed by atoms with Gasteiger partial charge in [0.15, 0.2) is 11.5 Å². The monoisotopic (exact) mass is 488 g/mol. The maximum atomic E-state index is 12.6. The van der Waals surface area contributed by atoms with Gasteiger partial charge in [0.05, 0.1) is 19.7 Å². The van der Waals surface area contributed by atoms with Crippen LogP contribution in [-0.4, -0.2) is 30.2 Å². The number of urea groups is 1. The summed E-state index contributed by atoms with van der Waals surface area (Å²) in [5, 5.41) is 7.41. The van der Waals surface area contributed by atoms with Crippen LogP contribution in [0.5, 0.6) is 11.5 Å². The molecule has 4 aromatic rings. The van der Waals surface area contributed by atoms with Gasteiger partial charge in [-0.1, -0.05) is 50.7 Å². The highest BCUT2D eigenvalue weighted by Crippen LogP contribution is 2.37. The molecule has 0 unspecified atom stereocenters. The number of ether oxygens (including phenoxy) is 2. The third kappa shape index (κ3) is 5.84. The second-order valence-electron chi connectivity index (χ2n) is 8.94. The van der Waals surface area contributed by atoms with Crippen molar-refractivity contribution >= 4 is 40.1 Å². The zero-order chi connectivity index (χ0) is 25.0. The molecule has 8 heteroatoms. The van der Waals surface area contributed by atoms with Crippen molar-refractivity contribution in [3.63, 3.8) is 0 Å². The third-order valence-electron chi connectivity index (χ3n) is 5.42. The van der Waals surface area contributed by atoms with Crippen LogP contribution in [-0.2, 0) is 5.41 Å². The lowest BCUT2D eigenvalue weighted by molar-refractivity contribution is 0.262. The molecule has 0 saturated carbocycles. The van der Waals surface area contributed by atoms with Gasteiger partial charge in [-0.05, 0) is 47.4 Å². The topological polar surface area (TPSA) is 85.4 Å². The molecule has 0 spiro atoms. The van der Waals surface area contributed by atoms with Crippen molar-refractivity contribution in [3.05, 3.63) is 72.6 Å². The number of methoxy groups -OCH3 is 2. The molecule has 2 amide bonds. The van der Waals surface area contributed by atoms with Crippen LogP contribution in [0, 0.1) is 0 Å². The van der Waals surface area contributed by atoms with Gasteiger partial charge in [-0.15, -0.1) is 0 Å². The van der Waals surface area contributed by atoms with Crippen molar-refractivity contribution in [1.82, 2.24) is 9.97 Å². The molecular formula is C27H28N4O3S. The Kier molecular flexibility index (Phi) is 7.12. The van der Waals surface area contributed by atoms with Crippen LogP contribution >= 0.6 is 11.8 Å². The van der Waals surface area contributed by atoms with Crippen molar-refractivity contribution in [2.75, 3.05) is 24.9 Å². The lowest BCUT2D eigenvalue weighted by Crippen LogP contribution is -2.19. The van der Waals surface area contributed by atoms with E-state index in [0.29, 0.717) is 17.2 Å². The first-order valence-corrected chi connectivity index (χ1v) is 11.9. The number of rotatable bonds is 6. The Labute approximate surface area is 209 Å². The van der Waals surface area contributed by atoms with E-state index in [1.54, 1.807) is 14.2 Å². The molecule has 0 saturated heterocycles. The standard InChI is InChI=1S/C27H28N4O3S/c1-27(2,3)17-9-11-18(12-10-17)30-26(32)31-19-7-6-8-20(13-19)35-25-21-14-23(33-4)24(34-5)15-22(21)28-16-29-25/h6-16H,1-5H3,(H2,30,31,32). The van der Waals surface area contributed by atoms with Gasteiger partial charge in [0.1, 0.15) is 11.4 Å². The van der Waals surface area contributed by atoms with E-state index in [-0.39, 0.29) is 11.4 Å². The summed E-state index contributed by atoms with van der Waals surface area (Å²) in [7, 11) is 3.19. The summed E-state index contributed by atoms with van der Waals surface area (Å²) >= 11 is 1.48. The molecule has 1 aromatic heterocycles. The summed E-state index contributed by atoms with van der Waals surface area (Å²) in [6, 6.07) is 18.9. The van der Waals surface area contributed by atoms with Crippen molar-refractivity contribution in [3.8, 4) is 11.5 Å². The third-order valence-corrected chi connectivity index (χ3v) is 6.43. The van der Waals surface area contributed by atoms with Gasteiger partial charge >= 0.3 is 6.03 Å². The number of aromatic nitrogens is 2. The Balaban J connectivity index is 1.49. The summed E-state index contributed by atoms with van der Waals surface area (Å²) in [6.07, 6.45) is 1.52. The molecule has 0 aliphatic heterocycles. The number of nitrogens with one attached hydrogen (secondary N) is 2.